The lowest BCUT2D eigenvalue weighted by atomic mass is 10.1. The average Bonchev–Trinajstić information content (AvgIpc) is 2.75. The largest absolute Gasteiger partial charge is 0.351 e. The van der Waals surface area contributed by atoms with Gasteiger partial charge in [0.1, 0.15) is 0 Å². The molecule has 1 aliphatic carbocycles. The molecule has 1 fully saturated rings. The summed E-state index contributed by atoms with van der Waals surface area (Å²) in [5.74, 6) is 0.130. The molecule has 0 saturated heterocycles. The van der Waals surface area contributed by atoms with Gasteiger partial charge >= 0.3 is 0 Å². The number of rotatable bonds is 5. The van der Waals surface area contributed by atoms with E-state index in [-0.39, 0.29) is 5.91 Å². The zero-order valence-electron chi connectivity index (χ0n) is 13.4. The molecule has 21 heavy (non-hydrogen) atoms. The van der Waals surface area contributed by atoms with Crippen LogP contribution in [0.4, 0.5) is 0 Å². The van der Waals surface area contributed by atoms with Gasteiger partial charge in [-0.15, -0.1) is 0 Å². The maximum absolute atomic E-state index is 12.1. The van der Waals surface area contributed by atoms with Gasteiger partial charge in [-0.2, -0.15) is 0 Å². The molecule has 1 amide bonds. The fourth-order valence-corrected chi connectivity index (χ4v) is 3.11. The number of carbonyl (C=O) groups is 1. The van der Waals surface area contributed by atoms with Crippen LogP contribution in [0.3, 0.4) is 0 Å². The van der Waals surface area contributed by atoms with Gasteiger partial charge in [-0.1, -0.05) is 49.9 Å². The first-order valence-corrected chi connectivity index (χ1v) is 8.18. The van der Waals surface area contributed by atoms with Crippen molar-refractivity contribution in [3.63, 3.8) is 0 Å². The Labute approximate surface area is 128 Å². The van der Waals surface area contributed by atoms with E-state index in [4.69, 9.17) is 0 Å². The minimum Gasteiger partial charge on any atom is -0.351 e. The third kappa shape index (κ3) is 5.16. The van der Waals surface area contributed by atoms with Gasteiger partial charge in [0.05, 0.1) is 6.54 Å². The molecule has 0 spiro atoms. The normalized spacial score (nSPS) is 16.7. The van der Waals surface area contributed by atoms with E-state index in [9.17, 15) is 4.79 Å². The molecule has 3 nitrogen and oxygen atoms in total. The van der Waals surface area contributed by atoms with Crippen LogP contribution in [0.25, 0.3) is 0 Å². The molecule has 1 N–H and O–H groups in total. The average molecular weight is 288 g/mol. The van der Waals surface area contributed by atoms with Crippen molar-refractivity contribution >= 4 is 5.91 Å². The van der Waals surface area contributed by atoms with Crippen LogP contribution in [0.15, 0.2) is 24.3 Å². The number of carbonyl (C=O) groups excluding carboxylic acids is 1. The van der Waals surface area contributed by atoms with E-state index in [0.29, 0.717) is 19.1 Å². The fraction of sp³-hybridized carbons (Fsp3) is 0.611. The molecule has 0 unspecified atom stereocenters. The minimum absolute atomic E-state index is 0.130. The highest BCUT2D eigenvalue weighted by molar-refractivity contribution is 5.78. The lowest BCUT2D eigenvalue weighted by molar-refractivity contribution is -0.122. The van der Waals surface area contributed by atoms with Crippen molar-refractivity contribution in [2.75, 3.05) is 13.6 Å². The van der Waals surface area contributed by atoms with Crippen molar-refractivity contribution in [2.24, 2.45) is 0 Å². The molecular weight excluding hydrogens is 260 g/mol. The highest BCUT2D eigenvalue weighted by atomic mass is 16.2. The van der Waals surface area contributed by atoms with Crippen molar-refractivity contribution in [1.29, 1.82) is 0 Å². The summed E-state index contributed by atoms with van der Waals surface area (Å²) in [5.41, 5.74) is 2.43. The molecule has 1 aromatic carbocycles. The van der Waals surface area contributed by atoms with Crippen LogP contribution in [0.5, 0.6) is 0 Å². The zero-order valence-corrected chi connectivity index (χ0v) is 13.4. The summed E-state index contributed by atoms with van der Waals surface area (Å²) in [5, 5.41) is 3.04. The number of aryl methyl sites for hydroxylation is 1. The van der Waals surface area contributed by atoms with Gasteiger partial charge in [0.25, 0.3) is 0 Å². The molecule has 116 valence electrons. The van der Waals surface area contributed by atoms with Gasteiger partial charge in [-0.3, -0.25) is 9.69 Å². The van der Waals surface area contributed by atoms with Crippen molar-refractivity contribution in [1.82, 2.24) is 10.2 Å². The molecule has 1 saturated carbocycles. The van der Waals surface area contributed by atoms with Crippen molar-refractivity contribution in [2.45, 2.75) is 58.0 Å². The van der Waals surface area contributed by atoms with Crippen LogP contribution in [-0.2, 0) is 11.3 Å². The molecule has 0 radical (unpaired) electrons. The van der Waals surface area contributed by atoms with Crippen LogP contribution in [0.1, 0.15) is 49.7 Å². The SMILES string of the molecule is Cc1ccccc1CNC(=O)CN(C)C1CCCCCC1. The molecule has 3 heteroatoms. The van der Waals surface area contributed by atoms with Crippen molar-refractivity contribution < 1.29 is 4.79 Å². The van der Waals surface area contributed by atoms with Crippen LogP contribution < -0.4 is 5.32 Å². The molecule has 0 aliphatic heterocycles. The quantitative estimate of drug-likeness (QED) is 0.843. The first-order chi connectivity index (χ1) is 10.2. The van der Waals surface area contributed by atoms with E-state index in [2.05, 4.69) is 36.3 Å². The van der Waals surface area contributed by atoms with Gasteiger partial charge in [-0.05, 0) is 37.9 Å². The number of hydrogen-bond donors (Lipinski definition) is 1. The van der Waals surface area contributed by atoms with Crippen LogP contribution in [-0.4, -0.2) is 30.4 Å². The summed E-state index contributed by atoms with van der Waals surface area (Å²) in [6.45, 7) is 3.22. The van der Waals surface area contributed by atoms with Crippen LogP contribution in [0.2, 0.25) is 0 Å². The highest BCUT2D eigenvalue weighted by Crippen LogP contribution is 2.20. The molecule has 1 aromatic rings. The third-order valence-electron chi connectivity index (χ3n) is 4.58. The third-order valence-corrected chi connectivity index (χ3v) is 4.58. The van der Waals surface area contributed by atoms with E-state index in [1.807, 2.05) is 12.1 Å². The Morgan fingerprint density at radius 3 is 2.52 bits per heavy atom. The number of benzene rings is 1. The van der Waals surface area contributed by atoms with Gasteiger partial charge in [0.15, 0.2) is 0 Å². The molecule has 0 bridgehead atoms. The lowest BCUT2D eigenvalue weighted by Gasteiger charge is -2.26. The minimum atomic E-state index is 0.130. The summed E-state index contributed by atoms with van der Waals surface area (Å²) < 4.78 is 0. The van der Waals surface area contributed by atoms with Gasteiger partial charge < -0.3 is 5.32 Å². The first-order valence-electron chi connectivity index (χ1n) is 8.18. The summed E-state index contributed by atoms with van der Waals surface area (Å²) in [4.78, 5) is 14.3. The predicted molar refractivity (Wildman–Crippen MR) is 87.1 cm³/mol. The first kappa shape index (κ1) is 16.0. The number of nitrogens with zero attached hydrogens (tertiary/aromatic N) is 1. The summed E-state index contributed by atoms with van der Waals surface area (Å²) >= 11 is 0. The zero-order chi connectivity index (χ0) is 15.1. The Hall–Kier alpha value is -1.35. The molecule has 2 rings (SSSR count). The predicted octanol–water partition coefficient (Wildman–Crippen LogP) is 3.27. The highest BCUT2D eigenvalue weighted by Gasteiger charge is 2.18. The topological polar surface area (TPSA) is 32.3 Å². The smallest absolute Gasteiger partial charge is 0.234 e. The molecule has 0 aromatic heterocycles. The van der Waals surface area contributed by atoms with E-state index in [1.165, 1.54) is 49.7 Å². The lowest BCUT2D eigenvalue weighted by Crippen LogP contribution is -2.40. The van der Waals surface area contributed by atoms with Crippen molar-refractivity contribution in [3.05, 3.63) is 35.4 Å². The maximum atomic E-state index is 12.1. The number of amides is 1. The molecular formula is C18H28N2O. The summed E-state index contributed by atoms with van der Waals surface area (Å²) in [6.07, 6.45) is 7.79. The summed E-state index contributed by atoms with van der Waals surface area (Å²) in [6, 6.07) is 8.79. The molecule has 0 heterocycles. The Morgan fingerprint density at radius 2 is 1.86 bits per heavy atom. The summed E-state index contributed by atoms with van der Waals surface area (Å²) in [7, 11) is 2.09. The fourth-order valence-electron chi connectivity index (χ4n) is 3.11. The maximum Gasteiger partial charge on any atom is 0.234 e. The van der Waals surface area contributed by atoms with E-state index in [1.54, 1.807) is 0 Å². The van der Waals surface area contributed by atoms with Gasteiger partial charge in [-0.25, -0.2) is 0 Å². The molecule has 1 aliphatic rings. The number of likely N-dealkylation sites (N-methyl/N-ethyl adjacent to an activating group) is 1. The second-order valence-electron chi connectivity index (χ2n) is 6.26. The monoisotopic (exact) mass is 288 g/mol. The Morgan fingerprint density at radius 1 is 1.19 bits per heavy atom. The molecule has 0 atom stereocenters. The van der Waals surface area contributed by atoms with E-state index < -0.39 is 0 Å². The number of nitrogens with one attached hydrogen (secondary N) is 1. The second-order valence-corrected chi connectivity index (χ2v) is 6.26. The Bertz CT molecular complexity index is 450. The Kier molecular flexibility index (Phi) is 6.24. The second kappa shape index (κ2) is 8.18. The van der Waals surface area contributed by atoms with E-state index >= 15 is 0 Å². The number of hydrogen-bond acceptors (Lipinski definition) is 2. The van der Waals surface area contributed by atoms with Gasteiger partial charge in [0.2, 0.25) is 5.91 Å². The van der Waals surface area contributed by atoms with Crippen molar-refractivity contribution in [3.8, 4) is 0 Å². The van der Waals surface area contributed by atoms with E-state index in [0.717, 1.165) is 0 Å². The standard InChI is InChI=1S/C18H28N2O/c1-15-9-7-8-10-16(15)13-19-18(21)14-20(2)17-11-5-3-4-6-12-17/h7-10,17H,3-6,11-14H2,1-2H3,(H,19,21). The Balaban J connectivity index is 1.77. The van der Waals surface area contributed by atoms with Crippen LogP contribution >= 0.6 is 0 Å². The van der Waals surface area contributed by atoms with Crippen LogP contribution in [0, 0.1) is 6.92 Å². The van der Waals surface area contributed by atoms with Gasteiger partial charge in [0, 0.05) is 12.6 Å².